The number of carbonyl (C=O) groups is 2. The van der Waals surface area contributed by atoms with E-state index in [2.05, 4.69) is 4.74 Å². The van der Waals surface area contributed by atoms with E-state index in [-0.39, 0.29) is 29.2 Å². The highest BCUT2D eigenvalue weighted by Crippen LogP contribution is 2.40. The molecule has 1 saturated heterocycles. The van der Waals surface area contributed by atoms with Gasteiger partial charge in [0.05, 0.1) is 11.8 Å². The van der Waals surface area contributed by atoms with Crippen molar-refractivity contribution in [3.8, 4) is 0 Å². The first kappa shape index (κ1) is 11.2. The van der Waals surface area contributed by atoms with Crippen LogP contribution in [-0.4, -0.2) is 11.9 Å². The Kier molecular flexibility index (Phi) is 2.98. The molecule has 0 spiro atoms. The van der Waals surface area contributed by atoms with E-state index >= 15 is 0 Å². The Labute approximate surface area is 84.8 Å². The summed E-state index contributed by atoms with van der Waals surface area (Å²) in [6.45, 7) is 7.93. The second kappa shape index (κ2) is 3.71. The average Bonchev–Trinajstić information content (AvgIpc) is 2.26. The third-order valence-corrected chi connectivity index (χ3v) is 2.69. The van der Waals surface area contributed by atoms with Crippen LogP contribution in [0.2, 0.25) is 0 Å². The molecule has 3 nitrogen and oxygen atoms in total. The van der Waals surface area contributed by atoms with Crippen molar-refractivity contribution in [2.75, 3.05) is 0 Å². The second-order valence-corrected chi connectivity index (χ2v) is 4.98. The second-order valence-electron chi connectivity index (χ2n) is 4.98. The molecule has 0 aromatic carbocycles. The molecule has 1 fully saturated rings. The van der Waals surface area contributed by atoms with Gasteiger partial charge in [-0.25, -0.2) is 0 Å². The van der Waals surface area contributed by atoms with E-state index in [4.69, 9.17) is 0 Å². The molecule has 0 N–H and O–H groups in total. The van der Waals surface area contributed by atoms with Crippen molar-refractivity contribution in [1.29, 1.82) is 0 Å². The summed E-state index contributed by atoms with van der Waals surface area (Å²) < 4.78 is 4.69. The molecule has 80 valence electrons. The van der Waals surface area contributed by atoms with E-state index in [0.717, 1.165) is 12.8 Å². The lowest BCUT2D eigenvalue weighted by atomic mass is 9.73. The average molecular weight is 198 g/mol. The van der Waals surface area contributed by atoms with Gasteiger partial charge in [0.15, 0.2) is 0 Å². The number of hydrogen-bond donors (Lipinski definition) is 0. The third-order valence-electron chi connectivity index (χ3n) is 2.69. The van der Waals surface area contributed by atoms with Crippen LogP contribution in [0.1, 0.15) is 40.5 Å². The van der Waals surface area contributed by atoms with Crippen molar-refractivity contribution in [1.82, 2.24) is 0 Å². The molecule has 1 aliphatic rings. The highest BCUT2D eigenvalue weighted by Gasteiger charge is 2.49. The summed E-state index contributed by atoms with van der Waals surface area (Å²) >= 11 is 0. The van der Waals surface area contributed by atoms with Crippen molar-refractivity contribution in [2.45, 2.75) is 40.5 Å². The molecule has 0 saturated carbocycles. The third kappa shape index (κ3) is 1.97. The first-order valence-corrected chi connectivity index (χ1v) is 5.13. The fraction of sp³-hybridized carbons (Fsp3) is 0.818. The number of esters is 2. The van der Waals surface area contributed by atoms with Gasteiger partial charge in [-0.3, -0.25) is 9.59 Å². The van der Waals surface area contributed by atoms with Crippen molar-refractivity contribution >= 4 is 11.9 Å². The van der Waals surface area contributed by atoms with Gasteiger partial charge in [0.1, 0.15) is 0 Å². The molecule has 14 heavy (non-hydrogen) atoms. The van der Waals surface area contributed by atoms with Crippen molar-refractivity contribution in [3.05, 3.63) is 0 Å². The summed E-state index contributed by atoms with van der Waals surface area (Å²) in [4.78, 5) is 22.9. The monoisotopic (exact) mass is 198 g/mol. The Morgan fingerprint density at radius 3 is 2.21 bits per heavy atom. The summed E-state index contributed by atoms with van der Waals surface area (Å²) in [5.74, 6) is -1.18. The lowest BCUT2D eigenvalue weighted by Crippen LogP contribution is -2.30. The van der Waals surface area contributed by atoms with Crippen LogP contribution >= 0.6 is 0 Å². The van der Waals surface area contributed by atoms with E-state index in [1.807, 2.05) is 27.7 Å². The molecular formula is C11H18O3. The maximum Gasteiger partial charge on any atom is 0.318 e. The molecule has 0 unspecified atom stereocenters. The molecule has 2 atom stereocenters. The van der Waals surface area contributed by atoms with Crippen LogP contribution in [0.3, 0.4) is 0 Å². The van der Waals surface area contributed by atoms with Crippen LogP contribution in [0.5, 0.6) is 0 Å². The number of rotatable bonds is 2. The van der Waals surface area contributed by atoms with Gasteiger partial charge >= 0.3 is 11.9 Å². The fourth-order valence-corrected chi connectivity index (χ4v) is 2.09. The molecule has 0 aliphatic carbocycles. The van der Waals surface area contributed by atoms with Gasteiger partial charge in [-0.05, 0) is 11.8 Å². The van der Waals surface area contributed by atoms with Gasteiger partial charge in [0.25, 0.3) is 0 Å². The summed E-state index contributed by atoms with van der Waals surface area (Å²) in [7, 11) is 0. The van der Waals surface area contributed by atoms with E-state index in [1.165, 1.54) is 0 Å². The SMILES string of the molecule is CCC[C@H]1C(=O)OC(=O)[C@@H]1C(C)(C)C. The van der Waals surface area contributed by atoms with Crippen molar-refractivity contribution < 1.29 is 14.3 Å². The molecule has 0 aromatic heterocycles. The predicted molar refractivity (Wildman–Crippen MR) is 52.4 cm³/mol. The molecule has 1 rings (SSSR count). The van der Waals surface area contributed by atoms with Crippen LogP contribution in [0.4, 0.5) is 0 Å². The van der Waals surface area contributed by atoms with E-state index in [0.29, 0.717) is 0 Å². The zero-order valence-electron chi connectivity index (χ0n) is 9.29. The van der Waals surface area contributed by atoms with Gasteiger partial charge in [-0.1, -0.05) is 34.1 Å². The zero-order chi connectivity index (χ0) is 10.9. The first-order valence-electron chi connectivity index (χ1n) is 5.13. The molecular weight excluding hydrogens is 180 g/mol. The largest absolute Gasteiger partial charge is 0.393 e. The minimum atomic E-state index is -0.346. The molecule has 0 bridgehead atoms. The highest BCUT2D eigenvalue weighted by molar-refractivity contribution is 5.96. The molecule has 0 aromatic rings. The molecule has 1 aliphatic heterocycles. The van der Waals surface area contributed by atoms with Gasteiger partial charge in [0.2, 0.25) is 0 Å². The first-order chi connectivity index (χ1) is 6.38. The highest BCUT2D eigenvalue weighted by atomic mass is 16.6. The Morgan fingerprint density at radius 1 is 1.21 bits per heavy atom. The van der Waals surface area contributed by atoms with Gasteiger partial charge in [0, 0.05) is 0 Å². The minimum absolute atomic E-state index is 0.191. The molecule has 0 amide bonds. The van der Waals surface area contributed by atoms with Gasteiger partial charge in [-0.15, -0.1) is 0 Å². The van der Waals surface area contributed by atoms with Crippen LogP contribution in [-0.2, 0) is 14.3 Å². The Morgan fingerprint density at radius 2 is 1.79 bits per heavy atom. The summed E-state index contributed by atoms with van der Waals surface area (Å²) in [5, 5.41) is 0. The Balaban J connectivity index is 2.89. The topological polar surface area (TPSA) is 43.4 Å². The van der Waals surface area contributed by atoms with E-state index < -0.39 is 0 Å². The molecule has 1 heterocycles. The van der Waals surface area contributed by atoms with Crippen LogP contribution in [0.15, 0.2) is 0 Å². The van der Waals surface area contributed by atoms with Gasteiger partial charge in [-0.2, -0.15) is 0 Å². The van der Waals surface area contributed by atoms with E-state index in [9.17, 15) is 9.59 Å². The van der Waals surface area contributed by atoms with E-state index in [1.54, 1.807) is 0 Å². The maximum absolute atomic E-state index is 11.5. The van der Waals surface area contributed by atoms with Crippen molar-refractivity contribution in [2.24, 2.45) is 17.3 Å². The maximum atomic E-state index is 11.5. The molecule has 0 radical (unpaired) electrons. The normalized spacial score (nSPS) is 28.0. The van der Waals surface area contributed by atoms with Crippen molar-refractivity contribution in [3.63, 3.8) is 0 Å². The Bertz CT molecular complexity index is 250. The number of ether oxygens (including phenoxy) is 1. The summed E-state index contributed by atoms with van der Waals surface area (Å²) in [6.07, 6.45) is 1.64. The number of carbonyl (C=O) groups excluding carboxylic acids is 2. The molecule has 3 heteroatoms. The lowest BCUT2D eigenvalue weighted by molar-refractivity contribution is -0.154. The fourth-order valence-electron chi connectivity index (χ4n) is 2.09. The van der Waals surface area contributed by atoms with Crippen LogP contribution in [0.25, 0.3) is 0 Å². The summed E-state index contributed by atoms with van der Waals surface area (Å²) in [6, 6.07) is 0. The van der Waals surface area contributed by atoms with Gasteiger partial charge < -0.3 is 4.74 Å². The smallest absolute Gasteiger partial charge is 0.318 e. The summed E-state index contributed by atoms with van der Waals surface area (Å²) in [5.41, 5.74) is -0.191. The number of hydrogen-bond acceptors (Lipinski definition) is 3. The Hall–Kier alpha value is -0.860. The van der Waals surface area contributed by atoms with Crippen LogP contribution < -0.4 is 0 Å². The minimum Gasteiger partial charge on any atom is -0.393 e. The zero-order valence-corrected chi connectivity index (χ0v) is 9.29. The van der Waals surface area contributed by atoms with Crippen LogP contribution in [0, 0.1) is 17.3 Å². The number of cyclic esters (lactones) is 2. The lowest BCUT2D eigenvalue weighted by Gasteiger charge is -2.26. The predicted octanol–water partition coefficient (Wildman–Crippen LogP) is 2.15. The standard InChI is InChI=1S/C11H18O3/c1-5-6-7-8(11(2,3)4)10(13)14-9(7)12/h7-8H,5-6H2,1-4H3/t7-,8-/m1/s1. The quantitative estimate of drug-likeness (QED) is 0.504.